The topological polar surface area (TPSA) is 29.3 Å². The summed E-state index contributed by atoms with van der Waals surface area (Å²) in [5, 5.41) is 0. The maximum Gasteiger partial charge on any atom is 0.0629 e. The second kappa shape index (κ2) is 4.83. The van der Waals surface area contributed by atoms with Crippen molar-refractivity contribution in [2.75, 3.05) is 17.7 Å². The summed E-state index contributed by atoms with van der Waals surface area (Å²) in [7, 11) is 2.20. The molecule has 2 nitrogen and oxygen atoms in total. The van der Waals surface area contributed by atoms with E-state index in [0.717, 1.165) is 5.69 Å². The van der Waals surface area contributed by atoms with Crippen LogP contribution in [0.4, 0.5) is 11.4 Å². The van der Waals surface area contributed by atoms with Gasteiger partial charge in [-0.3, -0.25) is 0 Å². The molecule has 2 heteroatoms. The second-order valence-electron chi connectivity index (χ2n) is 6.52. The van der Waals surface area contributed by atoms with Crippen LogP contribution < -0.4 is 10.6 Å². The Bertz CT molecular complexity index is 393. The number of aryl methyl sites for hydroxylation is 1. The van der Waals surface area contributed by atoms with Crippen molar-refractivity contribution in [1.82, 2.24) is 0 Å². The molecule has 1 aromatic carbocycles. The maximum atomic E-state index is 6.14. The minimum absolute atomic E-state index is 0.522. The summed E-state index contributed by atoms with van der Waals surface area (Å²) < 4.78 is 0. The third kappa shape index (κ3) is 2.63. The van der Waals surface area contributed by atoms with Gasteiger partial charge in [0, 0.05) is 13.1 Å². The molecule has 1 aromatic rings. The van der Waals surface area contributed by atoms with Crippen molar-refractivity contribution in [1.29, 1.82) is 0 Å². The zero-order valence-electron chi connectivity index (χ0n) is 12.2. The summed E-state index contributed by atoms with van der Waals surface area (Å²) in [5.74, 6) is 0. The van der Waals surface area contributed by atoms with Gasteiger partial charge < -0.3 is 10.6 Å². The van der Waals surface area contributed by atoms with Gasteiger partial charge in [-0.15, -0.1) is 0 Å². The number of nitrogens with two attached hydrogens (primary N) is 1. The zero-order chi connectivity index (χ0) is 13.3. The van der Waals surface area contributed by atoms with E-state index in [2.05, 4.69) is 38.8 Å². The Morgan fingerprint density at radius 1 is 1.22 bits per heavy atom. The van der Waals surface area contributed by atoms with Crippen LogP contribution in [0.3, 0.4) is 0 Å². The summed E-state index contributed by atoms with van der Waals surface area (Å²) in [5.41, 5.74) is 10.1. The first-order chi connectivity index (χ1) is 8.41. The van der Waals surface area contributed by atoms with Crippen molar-refractivity contribution in [2.24, 2.45) is 5.41 Å². The number of hydrogen-bond donors (Lipinski definition) is 1. The van der Waals surface area contributed by atoms with Gasteiger partial charge in [0.05, 0.1) is 11.4 Å². The van der Waals surface area contributed by atoms with Crippen LogP contribution in [0, 0.1) is 12.3 Å². The Hall–Kier alpha value is -1.18. The molecule has 100 valence electrons. The lowest BCUT2D eigenvalue weighted by Crippen LogP contribution is -2.37. The fourth-order valence-electron chi connectivity index (χ4n) is 3.12. The highest BCUT2D eigenvalue weighted by atomic mass is 15.1. The Kier molecular flexibility index (Phi) is 3.56. The van der Waals surface area contributed by atoms with Crippen LogP contribution in [0.15, 0.2) is 18.2 Å². The number of nitrogen functional groups attached to an aromatic ring is 1. The van der Waals surface area contributed by atoms with E-state index in [1.54, 1.807) is 0 Å². The Morgan fingerprint density at radius 3 is 2.39 bits per heavy atom. The maximum absolute atomic E-state index is 6.14. The average Bonchev–Trinajstić information content (AvgIpc) is 2.28. The Balaban J connectivity index is 2.15. The Morgan fingerprint density at radius 2 is 1.83 bits per heavy atom. The van der Waals surface area contributed by atoms with Gasteiger partial charge in [-0.05, 0) is 49.7 Å². The van der Waals surface area contributed by atoms with E-state index in [1.807, 2.05) is 12.1 Å². The molecule has 1 saturated carbocycles. The second-order valence-corrected chi connectivity index (χ2v) is 6.52. The first-order valence-electron chi connectivity index (χ1n) is 6.99. The van der Waals surface area contributed by atoms with E-state index in [0.29, 0.717) is 11.5 Å². The normalized spacial score (nSPS) is 19.8. The molecule has 0 radical (unpaired) electrons. The van der Waals surface area contributed by atoms with Gasteiger partial charge in [-0.2, -0.15) is 0 Å². The van der Waals surface area contributed by atoms with Crippen LogP contribution >= 0.6 is 0 Å². The predicted molar refractivity (Wildman–Crippen MR) is 80.0 cm³/mol. The van der Waals surface area contributed by atoms with E-state index in [1.165, 1.54) is 36.9 Å². The van der Waals surface area contributed by atoms with Crippen molar-refractivity contribution >= 4 is 11.4 Å². The van der Waals surface area contributed by atoms with Crippen molar-refractivity contribution in [3.8, 4) is 0 Å². The smallest absolute Gasteiger partial charge is 0.0629 e. The summed E-state index contributed by atoms with van der Waals surface area (Å²) >= 11 is 0. The molecule has 0 unspecified atom stereocenters. The molecule has 0 aromatic heterocycles. The highest BCUT2D eigenvalue weighted by molar-refractivity contribution is 5.71. The summed E-state index contributed by atoms with van der Waals surface area (Å²) in [4.78, 5) is 2.40. The fraction of sp³-hybridized carbons (Fsp3) is 0.625. The summed E-state index contributed by atoms with van der Waals surface area (Å²) in [6.07, 6.45) is 5.18. The van der Waals surface area contributed by atoms with Gasteiger partial charge in [-0.25, -0.2) is 0 Å². The van der Waals surface area contributed by atoms with Crippen LogP contribution in [-0.2, 0) is 0 Å². The highest BCUT2D eigenvalue weighted by Crippen LogP contribution is 2.39. The van der Waals surface area contributed by atoms with Crippen LogP contribution in [0.5, 0.6) is 0 Å². The van der Waals surface area contributed by atoms with Gasteiger partial charge >= 0.3 is 0 Å². The van der Waals surface area contributed by atoms with Crippen LogP contribution in [0.1, 0.15) is 45.1 Å². The van der Waals surface area contributed by atoms with Gasteiger partial charge in [0.15, 0.2) is 0 Å². The lowest BCUT2D eigenvalue weighted by atomic mass is 9.75. The lowest BCUT2D eigenvalue weighted by molar-refractivity contribution is 0.222. The standard InChI is InChI=1S/C16H26N2/c1-12-6-5-7-14(17)15(12)18(4)13-8-10-16(2,3)11-9-13/h5-7,13H,8-11,17H2,1-4H3. The third-order valence-electron chi connectivity index (χ3n) is 4.48. The molecule has 1 aliphatic rings. The molecular weight excluding hydrogens is 220 g/mol. The third-order valence-corrected chi connectivity index (χ3v) is 4.48. The lowest BCUT2D eigenvalue weighted by Gasteiger charge is -2.40. The molecule has 0 aliphatic heterocycles. The first kappa shape index (κ1) is 13.3. The van der Waals surface area contributed by atoms with Crippen molar-refractivity contribution in [3.05, 3.63) is 23.8 Å². The molecule has 0 atom stereocenters. The number of rotatable bonds is 2. The predicted octanol–water partition coefficient (Wildman–Crippen LogP) is 3.98. The molecule has 18 heavy (non-hydrogen) atoms. The summed E-state index contributed by atoms with van der Waals surface area (Å²) in [6, 6.07) is 6.83. The molecule has 1 aliphatic carbocycles. The molecule has 0 saturated heterocycles. The van der Waals surface area contributed by atoms with Gasteiger partial charge in [-0.1, -0.05) is 26.0 Å². The van der Waals surface area contributed by atoms with Crippen LogP contribution in [0.2, 0.25) is 0 Å². The van der Waals surface area contributed by atoms with Gasteiger partial charge in [0.25, 0.3) is 0 Å². The van der Waals surface area contributed by atoms with Crippen molar-refractivity contribution in [3.63, 3.8) is 0 Å². The Labute approximate surface area is 111 Å². The van der Waals surface area contributed by atoms with E-state index in [9.17, 15) is 0 Å². The quantitative estimate of drug-likeness (QED) is 0.800. The molecular formula is C16H26N2. The number of nitrogens with zero attached hydrogens (tertiary/aromatic N) is 1. The van der Waals surface area contributed by atoms with Crippen molar-refractivity contribution in [2.45, 2.75) is 52.5 Å². The molecule has 0 heterocycles. The molecule has 0 spiro atoms. The van der Waals surface area contributed by atoms with Crippen molar-refractivity contribution < 1.29 is 0 Å². The number of benzene rings is 1. The monoisotopic (exact) mass is 246 g/mol. The molecule has 0 amide bonds. The molecule has 0 bridgehead atoms. The zero-order valence-corrected chi connectivity index (χ0v) is 12.2. The van der Waals surface area contributed by atoms with Crippen LogP contribution in [-0.4, -0.2) is 13.1 Å². The molecule has 2 rings (SSSR count). The number of para-hydroxylation sites is 1. The number of anilines is 2. The van der Waals surface area contributed by atoms with E-state index in [-0.39, 0.29) is 0 Å². The number of hydrogen-bond acceptors (Lipinski definition) is 2. The fourth-order valence-corrected chi connectivity index (χ4v) is 3.12. The molecule has 2 N–H and O–H groups in total. The average molecular weight is 246 g/mol. The largest absolute Gasteiger partial charge is 0.397 e. The van der Waals surface area contributed by atoms with E-state index < -0.39 is 0 Å². The summed E-state index contributed by atoms with van der Waals surface area (Å²) in [6.45, 7) is 6.91. The minimum atomic E-state index is 0.522. The highest BCUT2D eigenvalue weighted by Gasteiger charge is 2.29. The molecule has 1 fully saturated rings. The van der Waals surface area contributed by atoms with E-state index in [4.69, 9.17) is 5.73 Å². The van der Waals surface area contributed by atoms with Crippen LogP contribution in [0.25, 0.3) is 0 Å². The van der Waals surface area contributed by atoms with Gasteiger partial charge in [0.2, 0.25) is 0 Å². The minimum Gasteiger partial charge on any atom is -0.397 e. The van der Waals surface area contributed by atoms with E-state index >= 15 is 0 Å². The first-order valence-corrected chi connectivity index (χ1v) is 6.99. The van der Waals surface area contributed by atoms with Gasteiger partial charge in [0.1, 0.15) is 0 Å². The SMILES string of the molecule is Cc1cccc(N)c1N(C)C1CCC(C)(C)CC1.